The number of H-pyrrole nitrogens is 1. The molecule has 3 nitrogen and oxygen atoms in total. The van der Waals surface area contributed by atoms with Crippen LogP contribution < -0.4 is 5.32 Å². The van der Waals surface area contributed by atoms with Crippen LogP contribution in [0.5, 0.6) is 0 Å². The Kier molecular flexibility index (Phi) is 2.97. The summed E-state index contributed by atoms with van der Waals surface area (Å²) in [6, 6.07) is 3.49. The van der Waals surface area contributed by atoms with Crippen LogP contribution in [0.2, 0.25) is 0 Å². The molecule has 0 atom stereocenters. The van der Waals surface area contributed by atoms with Crippen LogP contribution in [-0.4, -0.2) is 17.4 Å². The smallest absolute Gasteiger partial charge is 0.267 e. The van der Waals surface area contributed by atoms with E-state index in [0.29, 0.717) is 18.7 Å². The normalized spacial score (nSPS) is 8.92. The lowest BCUT2D eigenvalue weighted by Crippen LogP contribution is -2.24. The van der Waals surface area contributed by atoms with Gasteiger partial charge in [-0.1, -0.05) is 0 Å². The van der Waals surface area contributed by atoms with E-state index in [9.17, 15) is 4.79 Å². The molecular weight excluding hydrogens is 152 g/mol. The van der Waals surface area contributed by atoms with Crippen LogP contribution in [-0.2, 0) is 0 Å². The first-order valence-corrected chi connectivity index (χ1v) is 3.69. The molecule has 1 rings (SSSR count). The predicted molar refractivity (Wildman–Crippen MR) is 46.6 cm³/mol. The number of carbonyl (C=O) groups excluding carboxylic acids is 1. The zero-order valence-corrected chi connectivity index (χ0v) is 6.63. The number of nitrogens with one attached hydrogen (secondary N) is 2. The molecule has 0 aliphatic heterocycles. The minimum absolute atomic E-state index is 0.116. The molecular formula is C9H10N2O. The molecule has 2 N–H and O–H groups in total. The molecule has 0 saturated heterocycles. The second kappa shape index (κ2) is 4.24. The van der Waals surface area contributed by atoms with Crippen LogP contribution in [0.4, 0.5) is 0 Å². The fraction of sp³-hybridized carbons (Fsp3) is 0.222. The summed E-state index contributed by atoms with van der Waals surface area (Å²) >= 11 is 0. The number of terminal acetylenes is 1. The van der Waals surface area contributed by atoms with Crippen molar-refractivity contribution in [1.82, 2.24) is 10.3 Å². The summed E-state index contributed by atoms with van der Waals surface area (Å²) in [6.45, 7) is 0.522. The molecule has 0 bridgehead atoms. The average molecular weight is 162 g/mol. The molecule has 1 heterocycles. The molecule has 1 aromatic rings. The molecule has 3 heteroatoms. The Morgan fingerprint density at radius 1 is 1.75 bits per heavy atom. The number of hydrogen-bond acceptors (Lipinski definition) is 1. The SMILES string of the molecule is C#CCCNC(=O)c1ccc[nH]1. The summed E-state index contributed by atoms with van der Waals surface area (Å²) in [5.41, 5.74) is 0.562. The fourth-order valence-electron chi connectivity index (χ4n) is 0.815. The van der Waals surface area contributed by atoms with Crippen molar-refractivity contribution >= 4 is 5.91 Å². The molecule has 1 aromatic heterocycles. The van der Waals surface area contributed by atoms with Crippen molar-refractivity contribution in [3.63, 3.8) is 0 Å². The van der Waals surface area contributed by atoms with E-state index in [1.165, 1.54) is 0 Å². The van der Waals surface area contributed by atoms with Gasteiger partial charge in [0.2, 0.25) is 0 Å². The monoisotopic (exact) mass is 162 g/mol. The summed E-state index contributed by atoms with van der Waals surface area (Å²) in [7, 11) is 0. The highest BCUT2D eigenvalue weighted by Crippen LogP contribution is 1.92. The zero-order chi connectivity index (χ0) is 8.81. The highest BCUT2D eigenvalue weighted by atomic mass is 16.1. The van der Waals surface area contributed by atoms with Crippen molar-refractivity contribution in [3.8, 4) is 12.3 Å². The topological polar surface area (TPSA) is 44.9 Å². The van der Waals surface area contributed by atoms with Gasteiger partial charge in [0, 0.05) is 19.2 Å². The first kappa shape index (κ1) is 8.41. The number of aromatic amines is 1. The van der Waals surface area contributed by atoms with E-state index in [0.717, 1.165) is 0 Å². The number of aromatic nitrogens is 1. The van der Waals surface area contributed by atoms with E-state index in [1.54, 1.807) is 18.3 Å². The molecule has 1 amide bonds. The van der Waals surface area contributed by atoms with Gasteiger partial charge in [0.25, 0.3) is 5.91 Å². The predicted octanol–water partition coefficient (Wildman–Crippen LogP) is 0.768. The maximum Gasteiger partial charge on any atom is 0.267 e. The summed E-state index contributed by atoms with van der Waals surface area (Å²) in [4.78, 5) is 14.0. The molecule has 0 aliphatic carbocycles. The van der Waals surface area contributed by atoms with Gasteiger partial charge >= 0.3 is 0 Å². The maximum atomic E-state index is 11.2. The van der Waals surface area contributed by atoms with Gasteiger partial charge in [0.05, 0.1) is 0 Å². The van der Waals surface area contributed by atoms with Crippen molar-refractivity contribution in [2.45, 2.75) is 6.42 Å². The number of amides is 1. The largest absolute Gasteiger partial charge is 0.357 e. The van der Waals surface area contributed by atoms with Gasteiger partial charge in [0.1, 0.15) is 5.69 Å². The quantitative estimate of drug-likeness (QED) is 0.500. The van der Waals surface area contributed by atoms with Crippen molar-refractivity contribution in [2.75, 3.05) is 6.54 Å². The Bertz CT molecular complexity index is 282. The summed E-state index contributed by atoms with van der Waals surface area (Å²) in [5.74, 6) is 2.33. The first-order valence-electron chi connectivity index (χ1n) is 3.69. The van der Waals surface area contributed by atoms with E-state index in [4.69, 9.17) is 6.42 Å². The summed E-state index contributed by atoms with van der Waals surface area (Å²) < 4.78 is 0. The Labute approximate surface area is 71.2 Å². The standard InChI is InChI=1S/C9H10N2O/c1-2-3-6-11-9(12)8-5-4-7-10-8/h1,4-5,7,10H,3,6H2,(H,11,12). The molecule has 0 fully saturated rings. The second-order valence-electron chi connectivity index (χ2n) is 2.29. The van der Waals surface area contributed by atoms with Crippen molar-refractivity contribution in [3.05, 3.63) is 24.0 Å². The van der Waals surface area contributed by atoms with Gasteiger partial charge < -0.3 is 10.3 Å². The van der Waals surface area contributed by atoms with Gasteiger partial charge in [-0.25, -0.2) is 0 Å². The fourth-order valence-corrected chi connectivity index (χ4v) is 0.815. The van der Waals surface area contributed by atoms with Gasteiger partial charge in [0.15, 0.2) is 0 Å². The third kappa shape index (κ3) is 2.17. The number of carbonyl (C=O) groups is 1. The second-order valence-corrected chi connectivity index (χ2v) is 2.29. The first-order chi connectivity index (χ1) is 5.84. The van der Waals surface area contributed by atoms with Crippen LogP contribution in [0, 0.1) is 12.3 Å². The van der Waals surface area contributed by atoms with Crippen molar-refractivity contribution < 1.29 is 4.79 Å². The minimum atomic E-state index is -0.116. The molecule has 0 unspecified atom stereocenters. The minimum Gasteiger partial charge on any atom is -0.357 e. The highest BCUT2D eigenvalue weighted by Gasteiger charge is 2.02. The Hall–Kier alpha value is -1.69. The van der Waals surface area contributed by atoms with Gasteiger partial charge in [-0.2, -0.15) is 0 Å². The summed E-state index contributed by atoms with van der Waals surface area (Å²) in [5, 5.41) is 2.67. The van der Waals surface area contributed by atoms with E-state index in [-0.39, 0.29) is 5.91 Å². The van der Waals surface area contributed by atoms with Gasteiger partial charge in [-0.15, -0.1) is 12.3 Å². The van der Waals surface area contributed by atoms with Crippen molar-refractivity contribution in [2.24, 2.45) is 0 Å². The Balaban J connectivity index is 2.36. The van der Waals surface area contributed by atoms with Gasteiger partial charge in [-0.05, 0) is 12.1 Å². The average Bonchev–Trinajstić information content (AvgIpc) is 2.56. The lowest BCUT2D eigenvalue weighted by molar-refractivity contribution is 0.0950. The molecule has 62 valence electrons. The molecule has 0 saturated carbocycles. The summed E-state index contributed by atoms with van der Waals surface area (Å²) in [6.07, 6.45) is 7.29. The Morgan fingerprint density at radius 2 is 2.58 bits per heavy atom. The third-order valence-corrected chi connectivity index (χ3v) is 1.40. The van der Waals surface area contributed by atoms with Crippen LogP contribution in [0.15, 0.2) is 18.3 Å². The lowest BCUT2D eigenvalue weighted by Gasteiger charge is -1.99. The molecule has 0 spiro atoms. The third-order valence-electron chi connectivity index (χ3n) is 1.40. The van der Waals surface area contributed by atoms with E-state index >= 15 is 0 Å². The van der Waals surface area contributed by atoms with E-state index in [1.807, 2.05) is 0 Å². The Morgan fingerprint density at radius 3 is 3.17 bits per heavy atom. The molecule has 0 radical (unpaired) electrons. The molecule has 12 heavy (non-hydrogen) atoms. The molecule has 0 aliphatic rings. The van der Waals surface area contributed by atoms with Crippen molar-refractivity contribution in [1.29, 1.82) is 0 Å². The van der Waals surface area contributed by atoms with E-state index in [2.05, 4.69) is 16.2 Å². The molecule has 0 aromatic carbocycles. The van der Waals surface area contributed by atoms with Crippen LogP contribution >= 0.6 is 0 Å². The number of rotatable bonds is 3. The highest BCUT2D eigenvalue weighted by molar-refractivity contribution is 5.92. The maximum absolute atomic E-state index is 11.2. The van der Waals surface area contributed by atoms with Crippen LogP contribution in [0.3, 0.4) is 0 Å². The van der Waals surface area contributed by atoms with E-state index < -0.39 is 0 Å². The zero-order valence-electron chi connectivity index (χ0n) is 6.63. The van der Waals surface area contributed by atoms with Crippen LogP contribution in [0.25, 0.3) is 0 Å². The van der Waals surface area contributed by atoms with Gasteiger partial charge in [-0.3, -0.25) is 4.79 Å². The van der Waals surface area contributed by atoms with Crippen LogP contribution in [0.1, 0.15) is 16.9 Å². The number of hydrogen-bond donors (Lipinski definition) is 2. The lowest BCUT2D eigenvalue weighted by atomic mass is 10.4.